The topological polar surface area (TPSA) is 46.2 Å². The van der Waals surface area contributed by atoms with Gasteiger partial charge in [0, 0.05) is 6.04 Å². The lowest BCUT2D eigenvalue weighted by Gasteiger charge is -2.24. The Morgan fingerprint density at radius 2 is 2.18 bits per heavy atom. The molecule has 2 rings (SSSR count). The molecule has 1 atom stereocenters. The third-order valence-corrected chi connectivity index (χ3v) is 4.91. The van der Waals surface area contributed by atoms with E-state index in [1.54, 1.807) is 6.07 Å². The molecule has 1 aromatic carbocycles. The zero-order chi connectivity index (χ0) is 12.5. The summed E-state index contributed by atoms with van der Waals surface area (Å²) in [6.07, 6.45) is 1.32. The van der Waals surface area contributed by atoms with Crippen molar-refractivity contribution in [1.82, 2.24) is 0 Å². The lowest BCUT2D eigenvalue weighted by molar-refractivity contribution is 0.559. The minimum atomic E-state index is -3.01. The highest BCUT2D eigenvalue weighted by Gasteiger charge is 2.25. The number of para-hydroxylation sites is 1. The minimum Gasteiger partial charge on any atom is -0.378 e. The van der Waals surface area contributed by atoms with Crippen LogP contribution in [-0.4, -0.2) is 26.0 Å². The minimum absolute atomic E-state index is 0.0393. The van der Waals surface area contributed by atoms with E-state index in [2.05, 4.69) is 5.32 Å². The predicted octanol–water partition coefficient (Wildman–Crippen LogP) is 2.47. The first-order chi connectivity index (χ1) is 7.98. The second-order valence-corrected chi connectivity index (χ2v) is 6.83. The standard InChI is InChI=1S/C11H13ClFNO2S/c12-9-4-1-5-10(13)11(9)14-8-3-2-6-17(15,16)7-8/h1,4-5,8,14H,2-3,6-7H2. The summed E-state index contributed by atoms with van der Waals surface area (Å²) >= 11 is 5.87. The molecule has 1 N–H and O–H groups in total. The summed E-state index contributed by atoms with van der Waals surface area (Å²) in [6, 6.07) is 4.12. The Morgan fingerprint density at radius 1 is 1.41 bits per heavy atom. The van der Waals surface area contributed by atoms with Gasteiger partial charge in [-0.05, 0) is 25.0 Å². The van der Waals surface area contributed by atoms with Crippen LogP contribution in [0.1, 0.15) is 12.8 Å². The Kier molecular flexibility index (Phi) is 3.58. The average molecular weight is 278 g/mol. The highest BCUT2D eigenvalue weighted by atomic mass is 35.5. The molecule has 0 saturated carbocycles. The quantitative estimate of drug-likeness (QED) is 0.903. The maximum Gasteiger partial charge on any atom is 0.152 e. The van der Waals surface area contributed by atoms with Crippen molar-refractivity contribution in [3.8, 4) is 0 Å². The molecule has 17 heavy (non-hydrogen) atoms. The van der Waals surface area contributed by atoms with Crippen molar-refractivity contribution in [1.29, 1.82) is 0 Å². The number of hydrogen-bond acceptors (Lipinski definition) is 3. The van der Waals surface area contributed by atoms with Gasteiger partial charge >= 0.3 is 0 Å². The first-order valence-corrected chi connectivity index (χ1v) is 7.59. The van der Waals surface area contributed by atoms with Crippen LogP contribution >= 0.6 is 11.6 Å². The van der Waals surface area contributed by atoms with Crippen molar-refractivity contribution < 1.29 is 12.8 Å². The van der Waals surface area contributed by atoms with Gasteiger partial charge in [-0.3, -0.25) is 0 Å². The highest BCUT2D eigenvalue weighted by Crippen LogP contribution is 2.27. The molecule has 0 bridgehead atoms. The number of anilines is 1. The van der Waals surface area contributed by atoms with Crippen LogP contribution in [0.25, 0.3) is 0 Å². The smallest absolute Gasteiger partial charge is 0.152 e. The number of benzene rings is 1. The molecule has 1 fully saturated rings. The van der Waals surface area contributed by atoms with Gasteiger partial charge in [0.25, 0.3) is 0 Å². The van der Waals surface area contributed by atoms with Crippen LogP contribution in [0.5, 0.6) is 0 Å². The summed E-state index contributed by atoms with van der Waals surface area (Å²) < 4.78 is 36.4. The van der Waals surface area contributed by atoms with Crippen molar-refractivity contribution in [2.24, 2.45) is 0 Å². The Balaban J connectivity index is 2.16. The van der Waals surface area contributed by atoms with Crippen LogP contribution in [0, 0.1) is 5.82 Å². The Morgan fingerprint density at radius 3 is 2.82 bits per heavy atom. The summed E-state index contributed by atoms with van der Waals surface area (Å²) in [6.45, 7) is 0. The highest BCUT2D eigenvalue weighted by molar-refractivity contribution is 7.91. The number of sulfone groups is 1. The molecule has 0 aliphatic carbocycles. The molecule has 0 spiro atoms. The van der Waals surface area contributed by atoms with Gasteiger partial charge in [-0.25, -0.2) is 12.8 Å². The van der Waals surface area contributed by atoms with E-state index in [-0.39, 0.29) is 28.3 Å². The van der Waals surface area contributed by atoms with Gasteiger partial charge in [0.15, 0.2) is 9.84 Å². The van der Waals surface area contributed by atoms with Crippen molar-refractivity contribution in [2.75, 3.05) is 16.8 Å². The molecular weight excluding hydrogens is 265 g/mol. The van der Waals surface area contributed by atoms with Crippen molar-refractivity contribution in [3.63, 3.8) is 0 Å². The molecule has 1 heterocycles. The van der Waals surface area contributed by atoms with E-state index in [0.29, 0.717) is 12.8 Å². The van der Waals surface area contributed by atoms with Crippen LogP contribution in [0.15, 0.2) is 18.2 Å². The van der Waals surface area contributed by atoms with Gasteiger partial charge in [0.05, 0.1) is 22.2 Å². The van der Waals surface area contributed by atoms with Gasteiger partial charge in [-0.15, -0.1) is 0 Å². The SMILES string of the molecule is O=S1(=O)CCCC(Nc2c(F)cccc2Cl)C1. The third kappa shape index (κ3) is 3.10. The molecule has 94 valence electrons. The summed E-state index contributed by atoms with van der Waals surface area (Å²) in [7, 11) is -3.01. The fourth-order valence-corrected chi connectivity index (χ4v) is 3.83. The van der Waals surface area contributed by atoms with Crippen LogP contribution < -0.4 is 5.32 Å². The molecule has 1 saturated heterocycles. The summed E-state index contributed by atoms with van der Waals surface area (Å²) in [5.74, 6) is -0.200. The van der Waals surface area contributed by atoms with Gasteiger partial charge in [0.1, 0.15) is 5.82 Å². The molecule has 1 unspecified atom stereocenters. The first-order valence-electron chi connectivity index (χ1n) is 5.39. The summed E-state index contributed by atoms with van der Waals surface area (Å²) in [4.78, 5) is 0. The van der Waals surface area contributed by atoms with E-state index < -0.39 is 15.7 Å². The van der Waals surface area contributed by atoms with Crippen molar-refractivity contribution in [3.05, 3.63) is 29.0 Å². The van der Waals surface area contributed by atoms with Crippen LogP contribution in [0.2, 0.25) is 5.02 Å². The van der Waals surface area contributed by atoms with Gasteiger partial charge < -0.3 is 5.32 Å². The number of halogens is 2. The average Bonchev–Trinajstić information content (AvgIpc) is 2.22. The molecule has 1 aromatic rings. The lowest BCUT2D eigenvalue weighted by Crippen LogP contribution is -2.35. The fourth-order valence-electron chi connectivity index (χ4n) is 1.98. The van der Waals surface area contributed by atoms with Crippen LogP contribution in [-0.2, 0) is 9.84 Å². The van der Waals surface area contributed by atoms with Crippen molar-refractivity contribution in [2.45, 2.75) is 18.9 Å². The number of nitrogens with one attached hydrogen (secondary N) is 1. The maximum absolute atomic E-state index is 13.5. The summed E-state index contributed by atoms with van der Waals surface area (Å²) in [5, 5.41) is 3.16. The van der Waals surface area contributed by atoms with Crippen LogP contribution in [0.4, 0.5) is 10.1 Å². The molecule has 0 radical (unpaired) electrons. The van der Waals surface area contributed by atoms with E-state index in [1.165, 1.54) is 12.1 Å². The zero-order valence-corrected chi connectivity index (χ0v) is 10.7. The Labute approximate surface area is 105 Å². The van der Waals surface area contributed by atoms with Gasteiger partial charge in [-0.2, -0.15) is 0 Å². The Hall–Kier alpha value is -0.810. The summed E-state index contributed by atoms with van der Waals surface area (Å²) in [5.41, 5.74) is 0.191. The lowest BCUT2D eigenvalue weighted by atomic mass is 10.1. The van der Waals surface area contributed by atoms with Crippen molar-refractivity contribution >= 4 is 27.1 Å². The predicted molar refractivity (Wildman–Crippen MR) is 66.7 cm³/mol. The van der Waals surface area contributed by atoms with E-state index in [0.717, 1.165) is 0 Å². The number of hydrogen-bond donors (Lipinski definition) is 1. The number of rotatable bonds is 2. The van der Waals surface area contributed by atoms with Gasteiger partial charge in [-0.1, -0.05) is 17.7 Å². The second-order valence-electron chi connectivity index (χ2n) is 4.19. The van der Waals surface area contributed by atoms with E-state index in [4.69, 9.17) is 11.6 Å². The monoisotopic (exact) mass is 277 g/mol. The zero-order valence-electron chi connectivity index (χ0n) is 9.12. The molecule has 0 amide bonds. The maximum atomic E-state index is 13.5. The first kappa shape index (κ1) is 12.6. The Bertz CT molecular complexity index is 498. The molecule has 0 aromatic heterocycles. The van der Waals surface area contributed by atoms with Gasteiger partial charge in [0.2, 0.25) is 0 Å². The second kappa shape index (κ2) is 4.82. The molecule has 1 aliphatic heterocycles. The van der Waals surface area contributed by atoms with E-state index in [1.807, 2.05) is 0 Å². The fraction of sp³-hybridized carbons (Fsp3) is 0.455. The normalized spacial score (nSPS) is 23.3. The third-order valence-electron chi connectivity index (χ3n) is 2.77. The van der Waals surface area contributed by atoms with Crippen LogP contribution in [0.3, 0.4) is 0 Å². The van der Waals surface area contributed by atoms with E-state index >= 15 is 0 Å². The van der Waals surface area contributed by atoms with E-state index in [9.17, 15) is 12.8 Å². The molecule has 3 nitrogen and oxygen atoms in total. The molecule has 1 aliphatic rings. The largest absolute Gasteiger partial charge is 0.378 e. The molecule has 6 heteroatoms. The molecular formula is C11H13ClFNO2S.